The van der Waals surface area contributed by atoms with E-state index >= 15 is 0 Å². The van der Waals surface area contributed by atoms with Gasteiger partial charge in [0.15, 0.2) is 0 Å². The van der Waals surface area contributed by atoms with Gasteiger partial charge in [-0.15, -0.1) is 37.2 Å². The van der Waals surface area contributed by atoms with E-state index in [-0.39, 0.29) is 55.0 Å². The monoisotopic (exact) mass is 776 g/mol. The van der Waals surface area contributed by atoms with Gasteiger partial charge in [0.2, 0.25) is 5.91 Å². The number of hydrogen-bond acceptors (Lipinski definition) is 6. The van der Waals surface area contributed by atoms with Crippen molar-refractivity contribution in [1.82, 2.24) is 20.0 Å². The quantitative estimate of drug-likeness (QED) is 0.126. The van der Waals surface area contributed by atoms with Gasteiger partial charge in [-0.2, -0.15) is 0 Å². The molecule has 2 fully saturated rings. The van der Waals surface area contributed by atoms with Gasteiger partial charge in [-0.1, -0.05) is 55.0 Å². The minimum absolute atomic E-state index is 0. The van der Waals surface area contributed by atoms with Crippen molar-refractivity contribution in [2.75, 3.05) is 76.6 Å². The zero-order chi connectivity index (χ0) is 34.4. The van der Waals surface area contributed by atoms with Gasteiger partial charge in [0, 0.05) is 69.6 Å². The molecular weight excluding hydrogens is 723 g/mol. The second kappa shape index (κ2) is 23.2. The van der Waals surface area contributed by atoms with E-state index < -0.39 is 6.09 Å². The van der Waals surface area contributed by atoms with Crippen molar-refractivity contribution in [2.45, 2.75) is 50.9 Å². The standard InChI is InChI=1S/C39H52N6O4.3ClH/c1-43(36(46)14-6-3-7-22-41-33-17-15-32(16-18-33)38(47)45-24-9-21-40-23-27-45)28-29-44-25-19-31(20-26-44)35-13-8-12-34(37(35)42-39(48)49)30-10-4-2-5-11-30;;;/h2,4-5,8,10-13,15-18,31,40-42H,3,6-7,9,14,19-29H2,1H3,(H,48,49);3*1H. The van der Waals surface area contributed by atoms with E-state index in [4.69, 9.17) is 0 Å². The average Bonchev–Trinajstić information content (AvgIpc) is 3.42. The first kappa shape index (κ1) is 44.6. The molecule has 0 spiro atoms. The Kier molecular flexibility index (Phi) is 19.9. The first-order valence-corrected chi connectivity index (χ1v) is 17.9. The molecule has 52 heavy (non-hydrogen) atoms. The van der Waals surface area contributed by atoms with E-state index in [2.05, 4.69) is 26.9 Å². The molecule has 13 heteroatoms. The number of likely N-dealkylation sites (N-methyl/N-ethyl adjacent to an activating group) is 1. The number of piperidine rings is 1. The number of hydrogen-bond donors (Lipinski definition) is 4. The van der Waals surface area contributed by atoms with Crippen molar-refractivity contribution in [3.05, 3.63) is 83.9 Å². The highest BCUT2D eigenvalue weighted by molar-refractivity contribution is 5.94. The second-order valence-corrected chi connectivity index (χ2v) is 13.2. The lowest BCUT2D eigenvalue weighted by Gasteiger charge is -2.34. The third kappa shape index (κ3) is 13.1. The van der Waals surface area contributed by atoms with Crippen LogP contribution in [0, 0.1) is 0 Å². The van der Waals surface area contributed by atoms with Gasteiger partial charge in [0.05, 0.1) is 5.69 Å². The van der Waals surface area contributed by atoms with Crippen LogP contribution in [0.1, 0.15) is 66.8 Å². The van der Waals surface area contributed by atoms with Crippen molar-refractivity contribution in [3.63, 3.8) is 0 Å². The Labute approximate surface area is 327 Å². The number of carbonyl (C=O) groups is 3. The number of benzene rings is 3. The first-order chi connectivity index (χ1) is 23.9. The number of carboxylic acid groups (broad SMARTS) is 1. The Bertz CT molecular complexity index is 1520. The summed E-state index contributed by atoms with van der Waals surface area (Å²) in [5.41, 5.74) is 5.37. The molecule has 0 aromatic heterocycles. The van der Waals surface area contributed by atoms with Crippen molar-refractivity contribution < 1.29 is 19.5 Å². The molecular formula is C39H55Cl3N6O4. The second-order valence-electron chi connectivity index (χ2n) is 13.2. The fourth-order valence-electron chi connectivity index (χ4n) is 6.86. The van der Waals surface area contributed by atoms with Crippen LogP contribution in [-0.2, 0) is 4.79 Å². The SMILES string of the molecule is CN(CCN1CCC(c2cccc(-c3ccccc3)c2NC(=O)O)CC1)C(=O)CCCCCNc1ccc(C(=O)N2CCCNCC2)cc1.Cl.Cl.Cl. The lowest BCUT2D eigenvalue weighted by atomic mass is 9.86. The molecule has 0 bridgehead atoms. The normalized spacial score (nSPS) is 14.8. The summed E-state index contributed by atoms with van der Waals surface area (Å²) in [6, 6.07) is 23.7. The lowest BCUT2D eigenvalue weighted by Crippen LogP contribution is -2.40. The van der Waals surface area contributed by atoms with E-state index in [1.165, 1.54) is 0 Å². The fraction of sp³-hybridized carbons (Fsp3) is 0.462. The van der Waals surface area contributed by atoms with Crippen LogP contribution in [0.15, 0.2) is 72.8 Å². The van der Waals surface area contributed by atoms with Crippen LogP contribution in [0.4, 0.5) is 16.2 Å². The van der Waals surface area contributed by atoms with Gasteiger partial charge >= 0.3 is 6.09 Å². The number of halogens is 3. The van der Waals surface area contributed by atoms with Gasteiger partial charge in [-0.05, 0) is 93.0 Å². The Morgan fingerprint density at radius 2 is 1.58 bits per heavy atom. The van der Waals surface area contributed by atoms with Crippen LogP contribution in [-0.4, -0.2) is 104 Å². The highest BCUT2D eigenvalue weighted by atomic mass is 35.5. The number of amides is 3. The molecule has 0 radical (unpaired) electrons. The molecule has 0 unspecified atom stereocenters. The highest BCUT2D eigenvalue weighted by Gasteiger charge is 2.25. The third-order valence-corrected chi connectivity index (χ3v) is 9.77. The molecule has 2 aliphatic heterocycles. The van der Waals surface area contributed by atoms with Gasteiger partial charge in [-0.25, -0.2) is 4.79 Å². The van der Waals surface area contributed by atoms with Crippen molar-refractivity contribution in [1.29, 1.82) is 0 Å². The molecule has 3 amide bonds. The minimum atomic E-state index is -1.05. The predicted molar refractivity (Wildman–Crippen MR) is 218 cm³/mol. The Balaban J connectivity index is 0.00000312. The number of anilines is 2. The summed E-state index contributed by atoms with van der Waals surface area (Å²) in [4.78, 5) is 43.5. The van der Waals surface area contributed by atoms with Crippen LogP contribution >= 0.6 is 37.2 Å². The third-order valence-electron chi connectivity index (χ3n) is 9.77. The molecule has 2 saturated heterocycles. The summed E-state index contributed by atoms with van der Waals surface area (Å²) in [6.45, 7) is 7.55. The average molecular weight is 778 g/mol. The topological polar surface area (TPSA) is 117 Å². The molecule has 0 atom stereocenters. The number of para-hydroxylation sites is 1. The van der Waals surface area contributed by atoms with Crippen molar-refractivity contribution in [3.8, 4) is 11.1 Å². The number of nitrogens with one attached hydrogen (secondary N) is 3. The summed E-state index contributed by atoms with van der Waals surface area (Å²) >= 11 is 0. The minimum Gasteiger partial charge on any atom is -0.465 e. The maximum Gasteiger partial charge on any atom is 0.409 e. The fourth-order valence-corrected chi connectivity index (χ4v) is 6.86. The van der Waals surface area contributed by atoms with Crippen LogP contribution in [0.25, 0.3) is 11.1 Å². The van der Waals surface area contributed by atoms with Crippen molar-refractivity contribution >= 4 is 66.5 Å². The zero-order valence-electron chi connectivity index (χ0n) is 30.1. The van der Waals surface area contributed by atoms with Crippen LogP contribution < -0.4 is 16.0 Å². The summed E-state index contributed by atoms with van der Waals surface area (Å²) in [6.07, 6.45) is 5.19. The van der Waals surface area contributed by atoms with Gasteiger partial charge in [-0.3, -0.25) is 14.9 Å². The summed E-state index contributed by atoms with van der Waals surface area (Å²) < 4.78 is 0. The molecule has 4 N–H and O–H groups in total. The molecule has 5 rings (SSSR count). The van der Waals surface area contributed by atoms with E-state index in [1.54, 1.807) is 0 Å². The Hall–Kier alpha value is -3.54. The van der Waals surface area contributed by atoms with E-state index in [0.29, 0.717) is 18.7 Å². The smallest absolute Gasteiger partial charge is 0.409 e. The number of likely N-dealkylation sites (tertiary alicyclic amines) is 1. The number of nitrogens with zero attached hydrogens (tertiary/aromatic N) is 3. The van der Waals surface area contributed by atoms with Gasteiger partial charge in [0.1, 0.15) is 0 Å². The molecule has 3 aromatic rings. The molecule has 2 heterocycles. The molecule has 10 nitrogen and oxygen atoms in total. The summed E-state index contributed by atoms with van der Waals surface area (Å²) in [5.74, 6) is 0.554. The van der Waals surface area contributed by atoms with Gasteiger partial charge < -0.3 is 30.4 Å². The van der Waals surface area contributed by atoms with Crippen LogP contribution in [0.3, 0.4) is 0 Å². The molecule has 2 aliphatic rings. The molecule has 3 aromatic carbocycles. The molecule has 286 valence electrons. The highest BCUT2D eigenvalue weighted by Crippen LogP contribution is 2.39. The first-order valence-electron chi connectivity index (χ1n) is 17.9. The van der Waals surface area contributed by atoms with Crippen LogP contribution in [0.5, 0.6) is 0 Å². The Morgan fingerprint density at radius 1 is 0.846 bits per heavy atom. The van der Waals surface area contributed by atoms with Crippen molar-refractivity contribution in [2.24, 2.45) is 0 Å². The number of unbranched alkanes of at least 4 members (excludes halogenated alkanes) is 2. The van der Waals surface area contributed by atoms with Crippen LogP contribution in [0.2, 0.25) is 0 Å². The molecule has 0 aliphatic carbocycles. The summed E-state index contributed by atoms with van der Waals surface area (Å²) in [7, 11) is 1.90. The van der Waals surface area contributed by atoms with E-state index in [1.807, 2.05) is 83.6 Å². The summed E-state index contributed by atoms with van der Waals surface area (Å²) in [5, 5.41) is 19.1. The number of rotatable bonds is 14. The predicted octanol–water partition coefficient (Wildman–Crippen LogP) is 7.45. The van der Waals surface area contributed by atoms with E-state index in [0.717, 1.165) is 119 Å². The van der Waals surface area contributed by atoms with E-state index in [9.17, 15) is 19.5 Å². The van der Waals surface area contributed by atoms with Gasteiger partial charge in [0.25, 0.3) is 5.91 Å². The maximum atomic E-state index is 12.8. The lowest BCUT2D eigenvalue weighted by molar-refractivity contribution is -0.130. The Morgan fingerprint density at radius 3 is 2.29 bits per heavy atom. The maximum absolute atomic E-state index is 12.8. The zero-order valence-corrected chi connectivity index (χ0v) is 32.5. The number of carbonyl (C=O) groups excluding carboxylic acids is 2. The largest absolute Gasteiger partial charge is 0.465 e. The molecule has 0 saturated carbocycles.